The van der Waals surface area contributed by atoms with Crippen LogP contribution in [-0.4, -0.2) is 43.8 Å². The molecule has 4 rings (SSSR count). The molecular formula is C20H18O8. The fourth-order valence-corrected chi connectivity index (χ4v) is 3.58. The smallest absolute Gasteiger partial charge is 0.336 e. The lowest BCUT2D eigenvalue weighted by Gasteiger charge is -2.30. The van der Waals surface area contributed by atoms with Crippen LogP contribution in [0.3, 0.4) is 0 Å². The van der Waals surface area contributed by atoms with Gasteiger partial charge in [-0.15, -0.1) is 0 Å². The Bertz CT molecular complexity index is 978. The zero-order valence-corrected chi connectivity index (χ0v) is 15.2. The minimum atomic E-state index is -1.21. The fraction of sp³-hybridized carbons (Fsp3) is 0.250. The lowest BCUT2D eigenvalue weighted by Crippen LogP contribution is -2.24. The number of benzene rings is 2. The van der Waals surface area contributed by atoms with Gasteiger partial charge in [-0.25, -0.2) is 4.79 Å². The van der Waals surface area contributed by atoms with Gasteiger partial charge >= 0.3 is 5.97 Å². The first-order valence-electron chi connectivity index (χ1n) is 8.48. The second-order valence-electron chi connectivity index (χ2n) is 6.16. The molecule has 2 aliphatic heterocycles. The highest BCUT2D eigenvalue weighted by atomic mass is 16.7. The Morgan fingerprint density at radius 2 is 1.86 bits per heavy atom. The lowest BCUT2D eigenvalue weighted by molar-refractivity contribution is -0.133. The van der Waals surface area contributed by atoms with E-state index in [1.807, 2.05) is 0 Å². The van der Waals surface area contributed by atoms with Crippen molar-refractivity contribution in [3.05, 3.63) is 52.8 Å². The van der Waals surface area contributed by atoms with Gasteiger partial charge in [0.1, 0.15) is 18.1 Å². The van der Waals surface area contributed by atoms with Crippen LogP contribution >= 0.6 is 0 Å². The van der Waals surface area contributed by atoms with E-state index in [1.165, 1.54) is 14.2 Å². The highest BCUT2D eigenvalue weighted by Gasteiger charge is 2.38. The van der Waals surface area contributed by atoms with Gasteiger partial charge in [0.15, 0.2) is 23.0 Å². The molecule has 146 valence electrons. The van der Waals surface area contributed by atoms with Gasteiger partial charge in [-0.3, -0.25) is 0 Å². The maximum Gasteiger partial charge on any atom is 0.336 e. The second kappa shape index (κ2) is 6.97. The SMILES string of the molecule is COc1cccc([C@@H]2C(C(=O)O)=C(CO)Oc3cc4c(cc32)OCO4)c1OC. The molecule has 2 heterocycles. The monoisotopic (exact) mass is 386 g/mol. The van der Waals surface area contributed by atoms with E-state index >= 15 is 0 Å². The summed E-state index contributed by atoms with van der Waals surface area (Å²) in [4.78, 5) is 12.1. The third-order valence-corrected chi connectivity index (χ3v) is 4.76. The molecule has 1 atom stereocenters. The normalized spacial score (nSPS) is 17.0. The van der Waals surface area contributed by atoms with Gasteiger partial charge in [0, 0.05) is 17.2 Å². The molecular weight excluding hydrogens is 368 g/mol. The number of aliphatic hydroxyl groups excluding tert-OH is 1. The van der Waals surface area contributed by atoms with Gasteiger partial charge in [-0.05, 0) is 12.1 Å². The van der Waals surface area contributed by atoms with Gasteiger partial charge in [-0.2, -0.15) is 0 Å². The first-order valence-corrected chi connectivity index (χ1v) is 8.48. The van der Waals surface area contributed by atoms with Gasteiger partial charge in [-0.1, -0.05) is 12.1 Å². The maximum atomic E-state index is 12.1. The van der Waals surface area contributed by atoms with E-state index in [9.17, 15) is 15.0 Å². The van der Waals surface area contributed by atoms with E-state index in [0.29, 0.717) is 39.9 Å². The summed E-state index contributed by atoms with van der Waals surface area (Å²) in [6.07, 6.45) is 0. The van der Waals surface area contributed by atoms with Gasteiger partial charge in [0.05, 0.1) is 25.7 Å². The molecule has 0 fully saturated rings. The van der Waals surface area contributed by atoms with Crippen LogP contribution in [0, 0.1) is 0 Å². The highest BCUT2D eigenvalue weighted by Crippen LogP contribution is 2.51. The zero-order chi connectivity index (χ0) is 19.8. The number of carboxylic acid groups (broad SMARTS) is 1. The summed E-state index contributed by atoms with van der Waals surface area (Å²) in [5.74, 6) is 0.199. The Hall–Kier alpha value is -3.39. The van der Waals surface area contributed by atoms with Gasteiger partial charge < -0.3 is 33.9 Å². The van der Waals surface area contributed by atoms with Crippen molar-refractivity contribution in [1.82, 2.24) is 0 Å². The Morgan fingerprint density at radius 3 is 2.50 bits per heavy atom. The van der Waals surface area contributed by atoms with Crippen molar-refractivity contribution >= 4 is 5.97 Å². The number of ether oxygens (including phenoxy) is 5. The molecule has 2 aromatic carbocycles. The molecule has 0 radical (unpaired) electrons. The van der Waals surface area contributed by atoms with Crippen LogP contribution in [0.4, 0.5) is 0 Å². The predicted octanol–water partition coefficient (Wildman–Crippen LogP) is 2.29. The molecule has 2 N–H and O–H groups in total. The molecule has 0 aliphatic carbocycles. The van der Waals surface area contributed by atoms with Gasteiger partial charge in [0.25, 0.3) is 0 Å². The Balaban J connectivity index is 2.01. The molecule has 0 amide bonds. The van der Waals surface area contributed by atoms with Crippen molar-refractivity contribution in [2.45, 2.75) is 5.92 Å². The van der Waals surface area contributed by atoms with Crippen LogP contribution in [0.2, 0.25) is 0 Å². The third-order valence-electron chi connectivity index (χ3n) is 4.76. The van der Waals surface area contributed by atoms with E-state index < -0.39 is 18.5 Å². The average Bonchev–Trinajstić information content (AvgIpc) is 3.17. The van der Waals surface area contributed by atoms with Crippen molar-refractivity contribution in [2.75, 3.05) is 27.6 Å². The fourth-order valence-electron chi connectivity index (χ4n) is 3.58. The molecule has 0 bridgehead atoms. The highest BCUT2D eigenvalue weighted by molar-refractivity contribution is 5.92. The number of carboxylic acids is 1. The Morgan fingerprint density at radius 1 is 1.11 bits per heavy atom. The number of methoxy groups -OCH3 is 2. The van der Waals surface area contributed by atoms with Crippen molar-refractivity contribution in [1.29, 1.82) is 0 Å². The second-order valence-corrected chi connectivity index (χ2v) is 6.16. The summed E-state index contributed by atoms with van der Waals surface area (Å²) in [5.41, 5.74) is 1.04. The summed E-state index contributed by atoms with van der Waals surface area (Å²) in [6, 6.07) is 8.55. The molecule has 0 aromatic heterocycles. The van der Waals surface area contributed by atoms with Crippen LogP contribution < -0.4 is 23.7 Å². The molecule has 0 saturated carbocycles. The summed E-state index contributed by atoms with van der Waals surface area (Å²) < 4.78 is 27.4. The predicted molar refractivity (Wildman–Crippen MR) is 96.3 cm³/mol. The molecule has 28 heavy (non-hydrogen) atoms. The number of aliphatic hydroxyl groups is 1. The van der Waals surface area contributed by atoms with Crippen LogP contribution in [0.25, 0.3) is 0 Å². The van der Waals surface area contributed by atoms with Crippen LogP contribution in [0.15, 0.2) is 41.7 Å². The van der Waals surface area contributed by atoms with Crippen molar-refractivity contribution < 1.29 is 38.7 Å². The van der Waals surface area contributed by atoms with Crippen LogP contribution in [0.5, 0.6) is 28.7 Å². The Labute approximate surface area is 160 Å². The summed E-state index contributed by atoms with van der Waals surface area (Å²) >= 11 is 0. The lowest BCUT2D eigenvalue weighted by atomic mass is 9.81. The number of hydrogen-bond donors (Lipinski definition) is 2. The molecule has 2 aromatic rings. The number of aliphatic carboxylic acids is 1. The molecule has 2 aliphatic rings. The van der Waals surface area contributed by atoms with Crippen molar-refractivity contribution in [3.63, 3.8) is 0 Å². The number of fused-ring (bicyclic) bond motifs is 2. The van der Waals surface area contributed by atoms with E-state index in [1.54, 1.807) is 30.3 Å². The topological polar surface area (TPSA) is 104 Å². The summed E-state index contributed by atoms with van der Waals surface area (Å²) in [6.45, 7) is -0.504. The number of para-hydroxylation sites is 1. The molecule has 0 saturated heterocycles. The van der Waals surface area contributed by atoms with Crippen molar-refractivity contribution in [3.8, 4) is 28.7 Å². The molecule has 8 heteroatoms. The quantitative estimate of drug-likeness (QED) is 0.807. The standard InChI is InChI=1S/C20H18O8/c1-24-12-5-3-4-10(19(12)25-2)17-11-6-14-15(27-9-26-14)7-13(11)28-16(8-21)18(17)20(22)23/h3-7,17,21H,8-9H2,1-2H3,(H,22,23)/t17-/m0/s1. The Kier molecular flexibility index (Phi) is 4.48. The minimum absolute atomic E-state index is 0.0475. The molecule has 0 unspecified atom stereocenters. The third kappa shape index (κ3) is 2.69. The number of carbonyl (C=O) groups is 1. The van der Waals surface area contributed by atoms with Crippen LogP contribution in [-0.2, 0) is 4.79 Å². The van der Waals surface area contributed by atoms with E-state index in [0.717, 1.165) is 0 Å². The number of rotatable bonds is 5. The minimum Gasteiger partial charge on any atom is -0.493 e. The van der Waals surface area contributed by atoms with Crippen molar-refractivity contribution in [2.24, 2.45) is 0 Å². The van der Waals surface area contributed by atoms with Gasteiger partial charge in [0.2, 0.25) is 6.79 Å². The summed E-state index contributed by atoms with van der Waals surface area (Å²) in [7, 11) is 2.99. The van der Waals surface area contributed by atoms with E-state index in [-0.39, 0.29) is 18.1 Å². The maximum absolute atomic E-state index is 12.1. The van der Waals surface area contributed by atoms with E-state index in [4.69, 9.17) is 23.7 Å². The molecule has 0 spiro atoms. The largest absolute Gasteiger partial charge is 0.493 e. The average molecular weight is 386 g/mol. The zero-order valence-electron chi connectivity index (χ0n) is 15.2. The summed E-state index contributed by atoms with van der Waals surface area (Å²) in [5, 5.41) is 19.7. The molecule has 8 nitrogen and oxygen atoms in total. The first-order chi connectivity index (χ1) is 13.6. The first kappa shape index (κ1) is 18.0. The number of hydrogen-bond acceptors (Lipinski definition) is 7. The van der Waals surface area contributed by atoms with Crippen LogP contribution in [0.1, 0.15) is 17.0 Å². The van der Waals surface area contributed by atoms with E-state index in [2.05, 4.69) is 0 Å².